The minimum Gasteiger partial charge on any atom is -0.384 e. The monoisotopic (exact) mass is 267 g/mol. The molecule has 0 saturated carbocycles. The molecule has 0 bridgehead atoms. The molecule has 1 aliphatic rings. The highest BCUT2D eigenvalue weighted by molar-refractivity contribution is 5.82. The van der Waals surface area contributed by atoms with Crippen LogP contribution in [0.5, 0.6) is 0 Å². The Hall–Kier alpha value is -1.47. The van der Waals surface area contributed by atoms with Gasteiger partial charge in [-0.05, 0) is 25.9 Å². The van der Waals surface area contributed by atoms with Crippen LogP contribution in [0.15, 0.2) is 12.4 Å². The SMILES string of the molecule is COCC1(C(=O)NCCn2ccnn2)CCNCC1. The summed E-state index contributed by atoms with van der Waals surface area (Å²) in [6, 6.07) is 0. The second-order valence-electron chi connectivity index (χ2n) is 4.89. The molecule has 7 nitrogen and oxygen atoms in total. The zero-order chi connectivity index (χ0) is 13.6. The first-order valence-electron chi connectivity index (χ1n) is 6.59. The number of amides is 1. The summed E-state index contributed by atoms with van der Waals surface area (Å²) in [7, 11) is 1.65. The third kappa shape index (κ3) is 3.51. The van der Waals surface area contributed by atoms with E-state index in [4.69, 9.17) is 4.74 Å². The van der Waals surface area contributed by atoms with Crippen molar-refractivity contribution in [2.24, 2.45) is 5.41 Å². The molecule has 0 aliphatic carbocycles. The normalized spacial score (nSPS) is 18.2. The van der Waals surface area contributed by atoms with Crippen LogP contribution >= 0.6 is 0 Å². The predicted molar refractivity (Wildman–Crippen MR) is 69.4 cm³/mol. The Kier molecular flexibility index (Phi) is 4.86. The minimum atomic E-state index is -0.387. The number of nitrogens with zero attached hydrogens (tertiary/aromatic N) is 3. The number of carbonyl (C=O) groups excluding carboxylic acids is 1. The maximum atomic E-state index is 12.4. The van der Waals surface area contributed by atoms with Crippen LogP contribution in [0.3, 0.4) is 0 Å². The summed E-state index contributed by atoms with van der Waals surface area (Å²) in [5, 5.41) is 13.8. The lowest BCUT2D eigenvalue weighted by Crippen LogP contribution is -2.50. The lowest BCUT2D eigenvalue weighted by Gasteiger charge is -2.35. The van der Waals surface area contributed by atoms with Crippen molar-refractivity contribution in [3.8, 4) is 0 Å². The number of rotatable bonds is 6. The molecule has 1 aromatic rings. The molecule has 19 heavy (non-hydrogen) atoms. The van der Waals surface area contributed by atoms with Crippen molar-refractivity contribution in [2.75, 3.05) is 33.4 Å². The van der Waals surface area contributed by atoms with Crippen LogP contribution in [0.2, 0.25) is 0 Å². The number of aromatic nitrogens is 3. The average molecular weight is 267 g/mol. The highest BCUT2D eigenvalue weighted by Crippen LogP contribution is 2.29. The summed E-state index contributed by atoms with van der Waals surface area (Å²) in [6.45, 7) is 3.39. The summed E-state index contributed by atoms with van der Waals surface area (Å²) in [4.78, 5) is 12.4. The number of nitrogens with one attached hydrogen (secondary N) is 2. The van der Waals surface area contributed by atoms with Crippen molar-refractivity contribution < 1.29 is 9.53 Å². The molecule has 0 radical (unpaired) electrons. The van der Waals surface area contributed by atoms with E-state index in [-0.39, 0.29) is 11.3 Å². The van der Waals surface area contributed by atoms with Gasteiger partial charge >= 0.3 is 0 Å². The number of ether oxygens (including phenoxy) is 1. The largest absolute Gasteiger partial charge is 0.384 e. The van der Waals surface area contributed by atoms with E-state index in [1.807, 2.05) is 0 Å². The summed E-state index contributed by atoms with van der Waals surface area (Å²) in [5.41, 5.74) is -0.387. The first-order chi connectivity index (χ1) is 9.27. The van der Waals surface area contributed by atoms with Gasteiger partial charge in [0.2, 0.25) is 5.91 Å². The van der Waals surface area contributed by atoms with Crippen molar-refractivity contribution >= 4 is 5.91 Å². The van der Waals surface area contributed by atoms with Crippen molar-refractivity contribution in [3.05, 3.63) is 12.4 Å². The Morgan fingerprint density at radius 1 is 1.53 bits per heavy atom. The van der Waals surface area contributed by atoms with Crippen LogP contribution in [0.1, 0.15) is 12.8 Å². The third-order valence-electron chi connectivity index (χ3n) is 3.56. The molecule has 0 spiro atoms. The number of methoxy groups -OCH3 is 1. The number of hydrogen-bond acceptors (Lipinski definition) is 5. The van der Waals surface area contributed by atoms with Crippen molar-refractivity contribution in [2.45, 2.75) is 19.4 Å². The van der Waals surface area contributed by atoms with Crippen molar-refractivity contribution in [1.29, 1.82) is 0 Å². The third-order valence-corrected chi connectivity index (χ3v) is 3.56. The standard InChI is InChI=1S/C12H21N5O2/c1-19-10-12(2-4-13-5-3-12)11(18)14-6-8-17-9-7-15-16-17/h7,9,13H,2-6,8,10H2,1H3,(H,14,18). The smallest absolute Gasteiger partial charge is 0.228 e. The summed E-state index contributed by atoms with van der Waals surface area (Å²) >= 11 is 0. The number of carbonyl (C=O) groups is 1. The molecule has 106 valence electrons. The van der Waals surface area contributed by atoms with Crippen LogP contribution < -0.4 is 10.6 Å². The average Bonchev–Trinajstić information content (AvgIpc) is 2.93. The minimum absolute atomic E-state index is 0.0796. The first kappa shape index (κ1) is 14.0. The zero-order valence-electron chi connectivity index (χ0n) is 11.3. The fourth-order valence-corrected chi connectivity index (χ4v) is 2.44. The van der Waals surface area contributed by atoms with Gasteiger partial charge < -0.3 is 15.4 Å². The Bertz CT molecular complexity index is 381. The Morgan fingerprint density at radius 2 is 2.32 bits per heavy atom. The molecule has 2 rings (SSSR count). The van der Waals surface area contributed by atoms with Gasteiger partial charge in [-0.3, -0.25) is 9.48 Å². The van der Waals surface area contributed by atoms with Gasteiger partial charge in [-0.15, -0.1) is 5.10 Å². The molecule has 7 heteroatoms. The van der Waals surface area contributed by atoms with Crippen LogP contribution in [0.4, 0.5) is 0 Å². The fourth-order valence-electron chi connectivity index (χ4n) is 2.44. The Balaban J connectivity index is 1.85. The molecule has 1 saturated heterocycles. The molecule has 1 aliphatic heterocycles. The van der Waals surface area contributed by atoms with Gasteiger partial charge in [0.1, 0.15) is 0 Å². The molecule has 1 amide bonds. The van der Waals surface area contributed by atoms with Crippen molar-refractivity contribution in [1.82, 2.24) is 25.6 Å². The van der Waals surface area contributed by atoms with Gasteiger partial charge in [0.25, 0.3) is 0 Å². The van der Waals surface area contributed by atoms with Gasteiger partial charge in [-0.2, -0.15) is 0 Å². The Morgan fingerprint density at radius 3 is 2.95 bits per heavy atom. The summed E-state index contributed by atoms with van der Waals surface area (Å²) in [5.74, 6) is 0.0796. The highest BCUT2D eigenvalue weighted by Gasteiger charge is 2.39. The fraction of sp³-hybridized carbons (Fsp3) is 0.750. The molecule has 2 N–H and O–H groups in total. The molecular weight excluding hydrogens is 246 g/mol. The van der Waals surface area contributed by atoms with Gasteiger partial charge in [0.05, 0.1) is 24.8 Å². The van der Waals surface area contributed by atoms with Gasteiger partial charge in [-0.25, -0.2) is 0 Å². The van der Waals surface area contributed by atoms with E-state index in [1.54, 1.807) is 24.2 Å². The summed E-state index contributed by atoms with van der Waals surface area (Å²) in [6.07, 6.45) is 5.04. The van der Waals surface area contributed by atoms with Gasteiger partial charge in [0, 0.05) is 19.9 Å². The number of hydrogen-bond donors (Lipinski definition) is 2. The second-order valence-corrected chi connectivity index (χ2v) is 4.89. The quantitative estimate of drug-likeness (QED) is 0.720. The van der Waals surface area contributed by atoms with E-state index in [0.29, 0.717) is 19.7 Å². The lowest BCUT2D eigenvalue weighted by molar-refractivity contribution is -0.136. The lowest BCUT2D eigenvalue weighted by atomic mass is 9.78. The van der Waals surface area contributed by atoms with Crippen LogP contribution in [-0.4, -0.2) is 54.3 Å². The molecule has 0 atom stereocenters. The first-order valence-corrected chi connectivity index (χ1v) is 6.59. The Labute approximate surface area is 112 Å². The second kappa shape index (κ2) is 6.63. The van der Waals surface area contributed by atoms with E-state index in [1.165, 1.54) is 0 Å². The maximum Gasteiger partial charge on any atom is 0.228 e. The van der Waals surface area contributed by atoms with Gasteiger partial charge in [-0.1, -0.05) is 5.21 Å². The van der Waals surface area contributed by atoms with Gasteiger partial charge in [0.15, 0.2) is 0 Å². The maximum absolute atomic E-state index is 12.4. The van der Waals surface area contributed by atoms with E-state index >= 15 is 0 Å². The molecule has 1 fully saturated rings. The van der Waals surface area contributed by atoms with Crippen LogP contribution in [0, 0.1) is 5.41 Å². The molecule has 0 aromatic carbocycles. The molecule has 1 aromatic heterocycles. The predicted octanol–water partition coefficient (Wildman–Crippen LogP) is -0.589. The molecule has 2 heterocycles. The van der Waals surface area contributed by atoms with Crippen LogP contribution in [0.25, 0.3) is 0 Å². The van der Waals surface area contributed by atoms with E-state index in [9.17, 15) is 4.79 Å². The number of piperidine rings is 1. The van der Waals surface area contributed by atoms with E-state index in [2.05, 4.69) is 20.9 Å². The van der Waals surface area contributed by atoms with Crippen LogP contribution in [-0.2, 0) is 16.1 Å². The van der Waals surface area contributed by atoms with Crippen molar-refractivity contribution in [3.63, 3.8) is 0 Å². The topological polar surface area (TPSA) is 81.1 Å². The summed E-state index contributed by atoms with van der Waals surface area (Å²) < 4.78 is 6.94. The molecular formula is C12H21N5O2. The molecule has 0 unspecified atom stereocenters. The zero-order valence-corrected chi connectivity index (χ0v) is 11.3. The van der Waals surface area contributed by atoms with E-state index < -0.39 is 0 Å². The van der Waals surface area contributed by atoms with E-state index in [0.717, 1.165) is 25.9 Å². The highest BCUT2D eigenvalue weighted by atomic mass is 16.5.